The zero-order valence-electron chi connectivity index (χ0n) is 10.7. The maximum atomic E-state index is 10.8. The van der Waals surface area contributed by atoms with Gasteiger partial charge in [-0.3, -0.25) is 9.63 Å². The largest absolute Gasteiger partial charge is 0.427 e. The molecule has 0 unspecified atom stereocenters. The first kappa shape index (κ1) is 13.7. The van der Waals surface area contributed by atoms with Gasteiger partial charge in [0.2, 0.25) is 0 Å². The van der Waals surface area contributed by atoms with Gasteiger partial charge in [-0.1, -0.05) is 12.1 Å². The Bertz CT molecular complexity index is 382. The first-order valence-electron chi connectivity index (χ1n) is 5.55. The summed E-state index contributed by atoms with van der Waals surface area (Å²) >= 11 is 0. The quantitative estimate of drug-likeness (QED) is 0.496. The van der Waals surface area contributed by atoms with Crippen LogP contribution in [-0.2, 0) is 16.2 Å². The fourth-order valence-electron chi connectivity index (χ4n) is 1.22. The summed E-state index contributed by atoms with van der Waals surface area (Å²) in [5, 5.41) is 0. The molecule has 17 heavy (non-hydrogen) atoms. The van der Waals surface area contributed by atoms with Crippen LogP contribution in [0.2, 0.25) is 0 Å². The van der Waals surface area contributed by atoms with E-state index in [-0.39, 0.29) is 11.6 Å². The van der Waals surface area contributed by atoms with Crippen LogP contribution in [0.15, 0.2) is 24.3 Å². The van der Waals surface area contributed by atoms with E-state index in [0.717, 1.165) is 5.56 Å². The van der Waals surface area contributed by atoms with Crippen molar-refractivity contribution in [1.82, 2.24) is 5.48 Å². The first-order valence-corrected chi connectivity index (χ1v) is 5.55. The summed E-state index contributed by atoms with van der Waals surface area (Å²) in [6, 6.07) is 7.33. The van der Waals surface area contributed by atoms with Gasteiger partial charge in [-0.15, -0.1) is 0 Å². The van der Waals surface area contributed by atoms with E-state index in [2.05, 4.69) is 5.48 Å². The molecule has 1 N–H and O–H groups in total. The van der Waals surface area contributed by atoms with Crippen LogP contribution in [0, 0.1) is 0 Å². The molecule has 0 saturated heterocycles. The Morgan fingerprint density at radius 2 is 2.06 bits per heavy atom. The number of benzene rings is 1. The molecule has 1 aromatic carbocycles. The Hall–Kier alpha value is -1.39. The summed E-state index contributed by atoms with van der Waals surface area (Å²) in [4.78, 5) is 16.2. The summed E-state index contributed by atoms with van der Waals surface area (Å²) < 4.78 is 4.99. The minimum atomic E-state index is -0.318. The van der Waals surface area contributed by atoms with Crippen molar-refractivity contribution in [2.45, 2.75) is 39.8 Å². The van der Waals surface area contributed by atoms with Gasteiger partial charge in [-0.25, -0.2) is 0 Å². The van der Waals surface area contributed by atoms with Crippen LogP contribution < -0.4 is 10.2 Å². The topological polar surface area (TPSA) is 47.6 Å². The van der Waals surface area contributed by atoms with Crippen LogP contribution in [0.4, 0.5) is 0 Å². The van der Waals surface area contributed by atoms with Gasteiger partial charge in [-0.2, -0.15) is 5.48 Å². The molecule has 0 bridgehead atoms. The minimum Gasteiger partial charge on any atom is -0.427 e. The summed E-state index contributed by atoms with van der Waals surface area (Å²) in [7, 11) is 0. The molecule has 94 valence electrons. The summed E-state index contributed by atoms with van der Waals surface area (Å²) in [6.45, 7) is 7.85. The second-order valence-corrected chi connectivity index (χ2v) is 4.78. The smallest absolute Gasteiger partial charge is 0.308 e. The molecule has 0 aliphatic carbocycles. The van der Waals surface area contributed by atoms with Crippen LogP contribution >= 0.6 is 0 Å². The number of hydrogen-bond acceptors (Lipinski definition) is 4. The van der Waals surface area contributed by atoms with Crippen molar-refractivity contribution >= 4 is 5.97 Å². The Kier molecular flexibility index (Phi) is 4.66. The van der Waals surface area contributed by atoms with E-state index in [1.165, 1.54) is 6.92 Å². The van der Waals surface area contributed by atoms with E-state index in [0.29, 0.717) is 12.3 Å². The van der Waals surface area contributed by atoms with Crippen LogP contribution in [0.25, 0.3) is 0 Å². The molecule has 0 radical (unpaired) electrons. The summed E-state index contributed by atoms with van der Waals surface area (Å²) in [5.74, 6) is 0.230. The Morgan fingerprint density at radius 1 is 1.35 bits per heavy atom. The molecule has 1 aromatic rings. The second-order valence-electron chi connectivity index (χ2n) is 4.78. The van der Waals surface area contributed by atoms with E-state index < -0.39 is 0 Å². The van der Waals surface area contributed by atoms with E-state index in [1.54, 1.807) is 12.1 Å². The highest BCUT2D eigenvalue weighted by Gasteiger charge is 2.09. The lowest BCUT2D eigenvalue weighted by Crippen LogP contribution is -2.28. The fraction of sp³-hybridized carbons (Fsp3) is 0.462. The van der Waals surface area contributed by atoms with Gasteiger partial charge < -0.3 is 4.74 Å². The van der Waals surface area contributed by atoms with Crippen LogP contribution in [-0.4, -0.2) is 11.6 Å². The molecule has 0 aromatic heterocycles. The SMILES string of the molecule is CC(=O)Oc1cccc(CNOC(C)(C)C)c1. The standard InChI is InChI=1S/C13H19NO3/c1-10(15)16-12-7-5-6-11(8-12)9-14-17-13(2,3)4/h5-8,14H,9H2,1-4H3. The molecular formula is C13H19NO3. The van der Waals surface area contributed by atoms with Crippen molar-refractivity contribution in [3.05, 3.63) is 29.8 Å². The lowest BCUT2D eigenvalue weighted by molar-refractivity contribution is -0.131. The molecule has 0 heterocycles. The van der Waals surface area contributed by atoms with Crippen molar-refractivity contribution in [1.29, 1.82) is 0 Å². The van der Waals surface area contributed by atoms with E-state index in [9.17, 15) is 4.79 Å². The van der Waals surface area contributed by atoms with Crippen molar-refractivity contribution in [3.63, 3.8) is 0 Å². The molecule has 0 aliphatic rings. The number of hydrogen-bond donors (Lipinski definition) is 1. The predicted octanol–water partition coefficient (Wildman–Crippen LogP) is 2.43. The third-order valence-electron chi connectivity index (χ3n) is 1.81. The number of carbonyl (C=O) groups excluding carboxylic acids is 1. The molecule has 4 heteroatoms. The van der Waals surface area contributed by atoms with Gasteiger partial charge in [0.1, 0.15) is 5.75 Å². The molecule has 0 atom stereocenters. The maximum absolute atomic E-state index is 10.8. The van der Waals surface area contributed by atoms with Gasteiger partial charge >= 0.3 is 5.97 Å². The molecular weight excluding hydrogens is 218 g/mol. The zero-order valence-corrected chi connectivity index (χ0v) is 10.7. The molecule has 0 saturated carbocycles. The number of carbonyl (C=O) groups is 1. The van der Waals surface area contributed by atoms with Crippen LogP contribution in [0.3, 0.4) is 0 Å². The fourth-order valence-corrected chi connectivity index (χ4v) is 1.22. The van der Waals surface area contributed by atoms with Gasteiger partial charge in [0.05, 0.1) is 5.60 Å². The number of nitrogens with one attached hydrogen (secondary N) is 1. The van der Waals surface area contributed by atoms with E-state index in [4.69, 9.17) is 9.57 Å². The number of rotatable bonds is 4. The maximum Gasteiger partial charge on any atom is 0.308 e. The molecule has 0 fully saturated rings. The Labute approximate surface area is 102 Å². The molecule has 4 nitrogen and oxygen atoms in total. The second kappa shape index (κ2) is 5.80. The average Bonchev–Trinajstić information content (AvgIpc) is 2.15. The molecule has 1 rings (SSSR count). The molecule has 0 spiro atoms. The first-order chi connectivity index (χ1) is 7.87. The molecule has 0 amide bonds. The highest BCUT2D eigenvalue weighted by atomic mass is 16.7. The van der Waals surface area contributed by atoms with Gasteiger partial charge in [-0.05, 0) is 38.5 Å². The third kappa shape index (κ3) is 6.04. The van der Waals surface area contributed by atoms with Gasteiger partial charge in [0, 0.05) is 13.5 Å². The van der Waals surface area contributed by atoms with Crippen molar-refractivity contribution in [2.24, 2.45) is 0 Å². The lowest BCUT2D eigenvalue weighted by atomic mass is 10.2. The van der Waals surface area contributed by atoms with E-state index >= 15 is 0 Å². The summed E-state index contributed by atoms with van der Waals surface area (Å²) in [5.41, 5.74) is 3.65. The van der Waals surface area contributed by atoms with Crippen LogP contribution in [0.1, 0.15) is 33.3 Å². The van der Waals surface area contributed by atoms with Gasteiger partial charge in [0.15, 0.2) is 0 Å². The highest BCUT2D eigenvalue weighted by Crippen LogP contribution is 2.13. The van der Waals surface area contributed by atoms with Gasteiger partial charge in [0.25, 0.3) is 0 Å². The van der Waals surface area contributed by atoms with E-state index in [1.807, 2.05) is 32.9 Å². The lowest BCUT2D eigenvalue weighted by Gasteiger charge is -2.19. The van der Waals surface area contributed by atoms with Crippen molar-refractivity contribution in [3.8, 4) is 5.75 Å². The predicted molar refractivity (Wildman–Crippen MR) is 65.4 cm³/mol. The Balaban J connectivity index is 2.51. The normalized spacial score (nSPS) is 11.3. The monoisotopic (exact) mass is 237 g/mol. The Morgan fingerprint density at radius 3 is 2.65 bits per heavy atom. The van der Waals surface area contributed by atoms with Crippen molar-refractivity contribution in [2.75, 3.05) is 0 Å². The molecule has 0 aliphatic heterocycles. The minimum absolute atomic E-state index is 0.229. The summed E-state index contributed by atoms with van der Waals surface area (Å²) in [6.07, 6.45) is 0. The average molecular weight is 237 g/mol. The third-order valence-corrected chi connectivity index (χ3v) is 1.81. The number of hydroxylamine groups is 1. The van der Waals surface area contributed by atoms with Crippen molar-refractivity contribution < 1.29 is 14.4 Å². The zero-order chi connectivity index (χ0) is 12.9. The number of esters is 1. The highest BCUT2D eigenvalue weighted by molar-refractivity contribution is 5.69. The van der Waals surface area contributed by atoms with Crippen LogP contribution in [0.5, 0.6) is 5.75 Å². The number of ether oxygens (including phenoxy) is 1.